The number of halogens is 1. The second kappa shape index (κ2) is 4.46. The van der Waals surface area contributed by atoms with E-state index in [-0.39, 0.29) is 5.82 Å². The average molecular weight is 246 g/mol. The van der Waals surface area contributed by atoms with Crippen LogP contribution >= 0.6 is 0 Å². The first kappa shape index (κ1) is 11.3. The highest BCUT2D eigenvalue weighted by Crippen LogP contribution is 2.30. The maximum Gasteiger partial charge on any atom is 0.125 e. The Kier molecular flexibility index (Phi) is 2.80. The smallest absolute Gasteiger partial charge is 0.125 e. The predicted molar refractivity (Wildman–Crippen MR) is 67.8 cm³/mol. The molecule has 0 saturated heterocycles. The summed E-state index contributed by atoms with van der Waals surface area (Å²) < 4.78 is 18.8. The minimum absolute atomic E-state index is 0.192. The molecule has 1 aliphatic rings. The largest absolute Gasteiger partial charge is 0.463 e. The first-order valence-corrected chi connectivity index (χ1v) is 6.07. The highest BCUT2D eigenvalue weighted by molar-refractivity contribution is 5.58. The molecule has 0 radical (unpaired) electrons. The zero-order chi connectivity index (χ0) is 12.5. The summed E-state index contributed by atoms with van der Waals surface area (Å²) in [5, 5.41) is 0. The summed E-state index contributed by atoms with van der Waals surface area (Å²) in [6, 6.07) is 8.78. The molecule has 3 rings (SSSR count). The quantitative estimate of drug-likeness (QED) is 0.904. The number of hydrogen-bond donors (Lipinski definition) is 1. The summed E-state index contributed by atoms with van der Waals surface area (Å²) >= 11 is 0. The standard InChI is InChI=1S/C14H15FN2O/c15-11-2-1-10-5-6-17(14(10)7-11)9-13-4-3-12(8-16)18-13/h1-4,7H,5-6,8-9,16H2. The number of hydrogen-bond acceptors (Lipinski definition) is 3. The predicted octanol–water partition coefficient (Wildman–Crippen LogP) is 2.44. The van der Waals surface area contributed by atoms with Crippen molar-refractivity contribution in [2.75, 3.05) is 11.4 Å². The fourth-order valence-electron chi connectivity index (χ4n) is 2.39. The molecule has 0 saturated carbocycles. The van der Waals surface area contributed by atoms with E-state index in [2.05, 4.69) is 4.90 Å². The Morgan fingerprint density at radius 2 is 2.06 bits per heavy atom. The van der Waals surface area contributed by atoms with Crippen molar-refractivity contribution < 1.29 is 8.81 Å². The molecule has 4 heteroatoms. The van der Waals surface area contributed by atoms with E-state index >= 15 is 0 Å². The summed E-state index contributed by atoms with van der Waals surface area (Å²) in [5.41, 5.74) is 7.68. The van der Waals surface area contributed by atoms with Gasteiger partial charge < -0.3 is 15.1 Å². The Hall–Kier alpha value is -1.81. The molecule has 2 heterocycles. The molecular weight excluding hydrogens is 231 g/mol. The van der Waals surface area contributed by atoms with Crippen LogP contribution in [0.2, 0.25) is 0 Å². The number of benzene rings is 1. The summed E-state index contributed by atoms with van der Waals surface area (Å²) in [6.07, 6.45) is 0.958. The lowest BCUT2D eigenvalue weighted by Crippen LogP contribution is -2.19. The van der Waals surface area contributed by atoms with E-state index in [4.69, 9.17) is 10.2 Å². The molecule has 1 aromatic heterocycles. The molecule has 0 spiro atoms. The van der Waals surface area contributed by atoms with E-state index in [9.17, 15) is 4.39 Å². The van der Waals surface area contributed by atoms with Crippen LogP contribution in [0.25, 0.3) is 0 Å². The Morgan fingerprint density at radius 3 is 2.83 bits per heavy atom. The van der Waals surface area contributed by atoms with E-state index in [1.54, 1.807) is 6.07 Å². The molecule has 2 N–H and O–H groups in total. The van der Waals surface area contributed by atoms with Crippen molar-refractivity contribution in [2.45, 2.75) is 19.5 Å². The molecular formula is C14H15FN2O. The third-order valence-electron chi connectivity index (χ3n) is 3.30. The summed E-state index contributed by atoms with van der Waals surface area (Å²) in [7, 11) is 0. The van der Waals surface area contributed by atoms with Gasteiger partial charge in [-0.3, -0.25) is 0 Å². The normalized spacial score (nSPS) is 14.0. The molecule has 0 amide bonds. The van der Waals surface area contributed by atoms with E-state index in [1.165, 1.54) is 11.6 Å². The van der Waals surface area contributed by atoms with Gasteiger partial charge in [-0.15, -0.1) is 0 Å². The lowest BCUT2D eigenvalue weighted by Gasteiger charge is -2.17. The number of anilines is 1. The van der Waals surface area contributed by atoms with Gasteiger partial charge in [-0.25, -0.2) is 4.39 Å². The highest BCUT2D eigenvalue weighted by atomic mass is 19.1. The monoisotopic (exact) mass is 246 g/mol. The Balaban J connectivity index is 1.81. The number of fused-ring (bicyclic) bond motifs is 1. The summed E-state index contributed by atoms with van der Waals surface area (Å²) in [4.78, 5) is 2.14. The molecule has 0 atom stereocenters. The van der Waals surface area contributed by atoms with Crippen molar-refractivity contribution in [3.8, 4) is 0 Å². The number of nitrogens with two attached hydrogens (primary N) is 1. The first-order valence-electron chi connectivity index (χ1n) is 6.07. The van der Waals surface area contributed by atoms with Crippen LogP contribution in [0, 0.1) is 5.82 Å². The van der Waals surface area contributed by atoms with E-state index < -0.39 is 0 Å². The van der Waals surface area contributed by atoms with Crippen LogP contribution in [0.1, 0.15) is 17.1 Å². The molecule has 0 fully saturated rings. The number of rotatable bonds is 3. The molecule has 1 aliphatic heterocycles. The third kappa shape index (κ3) is 1.99. The zero-order valence-corrected chi connectivity index (χ0v) is 10.0. The van der Waals surface area contributed by atoms with Gasteiger partial charge in [-0.05, 0) is 36.2 Å². The van der Waals surface area contributed by atoms with Gasteiger partial charge in [0.25, 0.3) is 0 Å². The molecule has 94 valence electrons. The number of furan rings is 1. The minimum Gasteiger partial charge on any atom is -0.463 e. The molecule has 0 aliphatic carbocycles. The van der Waals surface area contributed by atoms with Crippen LogP contribution < -0.4 is 10.6 Å². The van der Waals surface area contributed by atoms with Crippen LogP contribution in [0.3, 0.4) is 0 Å². The van der Waals surface area contributed by atoms with Gasteiger partial charge in [0.15, 0.2) is 0 Å². The van der Waals surface area contributed by atoms with Crippen molar-refractivity contribution in [3.05, 3.63) is 53.2 Å². The lowest BCUT2D eigenvalue weighted by molar-refractivity contribution is 0.463. The summed E-state index contributed by atoms with van der Waals surface area (Å²) in [5.74, 6) is 1.46. The maximum absolute atomic E-state index is 13.3. The van der Waals surface area contributed by atoms with Gasteiger partial charge in [0.2, 0.25) is 0 Å². The fourth-order valence-corrected chi connectivity index (χ4v) is 2.39. The SMILES string of the molecule is NCc1ccc(CN2CCc3ccc(F)cc32)o1. The van der Waals surface area contributed by atoms with Crippen LogP contribution in [-0.4, -0.2) is 6.54 Å². The zero-order valence-electron chi connectivity index (χ0n) is 10.0. The van der Waals surface area contributed by atoms with Crippen LogP contribution in [0.5, 0.6) is 0 Å². The van der Waals surface area contributed by atoms with Crippen molar-refractivity contribution in [1.29, 1.82) is 0 Å². The third-order valence-corrected chi connectivity index (χ3v) is 3.30. The van der Waals surface area contributed by atoms with E-state index in [0.29, 0.717) is 13.1 Å². The Morgan fingerprint density at radius 1 is 1.22 bits per heavy atom. The lowest BCUT2D eigenvalue weighted by atomic mass is 10.2. The van der Waals surface area contributed by atoms with Crippen molar-refractivity contribution >= 4 is 5.69 Å². The Labute approximate surface area is 105 Å². The van der Waals surface area contributed by atoms with Gasteiger partial charge in [0.1, 0.15) is 17.3 Å². The van der Waals surface area contributed by atoms with Crippen LogP contribution in [-0.2, 0) is 19.5 Å². The molecule has 0 bridgehead atoms. The van der Waals surface area contributed by atoms with Gasteiger partial charge in [0, 0.05) is 12.2 Å². The first-order chi connectivity index (χ1) is 8.76. The maximum atomic E-state index is 13.3. The average Bonchev–Trinajstić information content (AvgIpc) is 2.97. The van der Waals surface area contributed by atoms with Gasteiger partial charge in [0.05, 0.1) is 13.1 Å². The topological polar surface area (TPSA) is 42.4 Å². The second-order valence-electron chi connectivity index (χ2n) is 4.52. The fraction of sp³-hybridized carbons (Fsp3) is 0.286. The molecule has 18 heavy (non-hydrogen) atoms. The molecule has 3 nitrogen and oxygen atoms in total. The van der Waals surface area contributed by atoms with Crippen LogP contribution in [0.4, 0.5) is 10.1 Å². The number of nitrogens with zero attached hydrogens (tertiary/aromatic N) is 1. The Bertz CT molecular complexity index is 565. The summed E-state index contributed by atoms with van der Waals surface area (Å²) in [6.45, 7) is 1.97. The van der Waals surface area contributed by atoms with Gasteiger partial charge in [-0.2, -0.15) is 0 Å². The molecule has 2 aromatic rings. The van der Waals surface area contributed by atoms with E-state index in [1.807, 2.05) is 18.2 Å². The second-order valence-corrected chi connectivity index (χ2v) is 4.52. The highest BCUT2D eigenvalue weighted by Gasteiger charge is 2.20. The molecule has 1 aromatic carbocycles. The van der Waals surface area contributed by atoms with Gasteiger partial charge >= 0.3 is 0 Å². The van der Waals surface area contributed by atoms with Crippen molar-refractivity contribution in [3.63, 3.8) is 0 Å². The van der Waals surface area contributed by atoms with Crippen molar-refractivity contribution in [1.82, 2.24) is 0 Å². The van der Waals surface area contributed by atoms with Crippen LogP contribution in [0.15, 0.2) is 34.7 Å². The molecule has 0 unspecified atom stereocenters. The van der Waals surface area contributed by atoms with E-state index in [0.717, 1.165) is 30.2 Å². The minimum atomic E-state index is -0.192. The van der Waals surface area contributed by atoms with Gasteiger partial charge in [-0.1, -0.05) is 6.07 Å². The van der Waals surface area contributed by atoms with Crippen molar-refractivity contribution in [2.24, 2.45) is 5.73 Å².